The van der Waals surface area contributed by atoms with Crippen molar-refractivity contribution in [1.29, 1.82) is 0 Å². The lowest BCUT2D eigenvalue weighted by atomic mass is 9.98. The molecule has 2 aliphatic rings. The second-order valence-electron chi connectivity index (χ2n) is 8.80. The SMILES string of the molecule is Cc1cccc(C(=O)N2CCCC[C@@H]2c2nc3c(c(=O)[nH]2)CN(Cc2cccs2)CC3)c1. The van der Waals surface area contributed by atoms with Gasteiger partial charge in [0.1, 0.15) is 5.82 Å². The van der Waals surface area contributed by atoms with Crippen LogP contribution in [0.3, 0.4) is 0 Å². The van der Waals surface area contributed by atoms with E-state index in [9.17, 15) is 9.59 Å². The van der Waals surface area contributed by atoms with Crippen LogP contribution < -0.4 is 5.56 Å². The second-order valence-corrected chi connectivity index (χ2v) is 9.83. The van der Waals surface area contributed by atoms with E-state index in [1.54, 1.807) is 11.3 Å². The van der Waals surface area contributed by atoms with Crippen LogP contribution in [0.15, 0.2) is 46.6 Å². The minimum Gasteiger partial charge on any atom is -0.328 e. The Balaban J connectivity index is 1.40. The Morgan fingerprint density at radius 2 is 2.12 bits per heavy atom. The molecule has 7 heteroatoms. The molecule has 0 bridgehead atoms. The molecular formula is C25H28N4O2S. The molecule has 0 saturated carbocycles. The maximum Gasteiger partial charge on any atom is 0.255 e. The summed E-state index contributed by atoms with van der Waals surface area (Å²) in [4.78, 5) is 39.8. The van der Waals surface area contributed by atoms with Gasteiger partial charge in [0, 0.05) is 43.0 Å². The molecule has 6 nitrogen and oxygen atoms in total. The van der Waals surface area contributed by atoms with Gasteiger partial charge in [0.05, 0.1) is 17.3 Å². The second kappa shape index (κ2) is 9.00. The Labute approximate surface area is 191 Å². The van der Waals surface area contributed by atoms with E-state index in [2.05, 4.69) is 27.4 Å². The number of rotatable bonds is 4. The number of fused-ring (bicyclic) bond motifs is 1. The standard InChI is InChI=1S/C25H28N4O2S/c1-17-6-4-7-18(14-17)25(31)29-11-3-2-9-22(29)23-26-21-10-12-28(15-19-8-5-13-32-19)16-20(21)24(30)27-23/h4-8,13-14,22H,2-3,9-12,15-16H2,1H3,(H,26,27,30)/t22-/m1/s1. The Kier molecular flexibility index (Phi) is 5.93. The molecule has 32 heavy (non-hydrogen) atoms. The largest absolute Gasteiger partial charge is 0.328 e. The van der Waals surface area contributed by atoms with Gasteiger partial charge in [-0.3, -0.25) is 14.5 Å². The molecule has 0 unspecified atom stereocenters. The number of nitrogens with zero attached hydrogens (tertiary/aromatic N) is 3. The van der Waals surface area contributed by atoms with Crippen LogP contribution in [0.5, 0.6) is 0 Å². The van der Waals surface area contributed by atoms with Crippen molar-refractivity contribution in [3.05, 3.63) is 85.2 Å². The van der Waals surface area contributed by atoms with Crippen LogP contribution >= 0.6 is 11.3 Å². The summed E-state index contributed by atoms with van der Waals surface area (Å²) in [6.07, 6.45) is 3.58. The highest BCUT2D eigenvalue weighted by Crippen LogP contribution is 2.31. The molecule has 0 radical (unpaired) electrons. The number of aromatic nitrogens is 2. The number of benzene rings is 1. The van der Waals surface area contributed by atoms with Crippen LogP contribution in [-0.2, 0) is 19.5 Å². The molecule has 0 spiro atoms. The van der Waals surface area contributed by atoms with Crippen LogP contribution in [0.2, 0.25) is 0 Å². The van der Waals surface area contributed by atoms with Crippen molar-refractivity contribution in [2.75, 3.05) is 13.1 Å². The van der Waals surface area contributed by atoms with Gasteiger partial charge in [0.2, 0.25) is 0 Å². The van der Waals surface area contributed by atoms with Gasteiger partial charge in [-0.25, -0.2) is 4.98 Å². The molecule has 1 fully saturated rings. The number of carbonyl (C=O) groups is 1. The van der Waals surface area contributed by atoms with E-state index < -0.39 is 0 Å². The van der Waals surface area contributed by atoms with E-state index in [-0.39, 0.29) is 17.5 Å². The van der Waals surface area contributed by atoms with Gasteiger partial charge < -0.3 is 9.88 Å². The van der Waals surface area contributed by atoms with E-state index in [0.29, 0.717) is 24.5 Å². The predicted octanol–water partition coefficient (Wildman–Crippen LogP) is 4.07. The molecule has 2 aromatic heterocycles. The Hall–Kier alpha value is -2.77. The third-order valence-electron chi connectivity index (χ3n) is 6.47. The minimum atomic E-state index is -0.182. The third kappa shape index (κ3) is 4.27. The molecule has 3 aromatic rings. The maximum atomic E-state index is 13.3. The average molecular weight is 449 g/mol. The van der Waals surface area contributed by atoms with Crippen molar-refractivity contribution < 1.29 is 4.79 Å². The first-order chi connectivity index (χ1) is 15.6. The number of likely N-dealkylation sites (tertiary alicyclic amines) is 1. The number of aryl methyl sites for hydroxylation is 1. The minimum absolute atomic E-state index is 0.0147. The zero-order valence-electron chi connectivity index (χ0n) is 18.3. The number of aromatic amines is 1. The first-order valence-corrected chi connectivity index (χ1v) is 12.2. The highest BCUT2D eigenvalue weighted by molar-refractivity contribution is 7.09. The van der Waals surface area contributed by atoms with Gasteiger partial charge in [0.15, 0.2) is 0 Å². The number of thiophene rings is 1. The molecule has 1 atom stereocenters. The van der Waals surface area contributed by atoms with E-state index in [0.717, 1.165) is 55.6 Å². The summed E-state index contributed by atoms with van der Waals surface area (Å²) >= 11 is 1.74. The van der Waals surface area contributed by atoms with Gasteiger partial charge in [-0.05, 0) is 49.8 Å². The topological polar surface area (TPSA) is 69.3 Å². The lowest BCUT2D eigenvalue weighted by Gasteiger charge is -2.36. The number of piperidine rings is 1. The number of hydrogen-bond acceptors (Lipinski definition) is 5. The van der Waals surface area contributed by atoms with E-state index in [4.69, 9.17) is 4.98 Å². The van der Waals surface area contributed by atoms with Crippen LogP contribution in [0.4, 0.5) is 0 Å². The fraction of sp³-hybridized carbons (Fsp3) is 0.400. The smallest absolute Gasteiger partial charge is 0.255 e. The van der Waals surface area contributed by atoms with Crippen LogP contribution in [0.1, 0.15) is 63.2 Å². The summed E-state index contributed by atoms with van der Waals surface area (Å²) in [6, 6.07) is 11.7. The molecule has 166 valence electrons. The van der Waals surface area contributed by atoms with Gasteiger partial charge in [-0.2, -0.15) is 0 Å². The van der Waals surface area contributed by atoms with Crippen molar-refractivity contribution in [2.24, 2.45) is 0 Å². The van der Waals surface area contributed by atoms with Crippen molar-refractivity contribution in [1.82, 2.24) is 19.8 Å². The average Bonchev–Trinajstić information content (AvgIpc) is 3.32. The highest BCUT2D eigenvalue weighted by Gasteiger charge is 2.32. The molecular weight excluding hydrogens is 420 g/mol. The number of nitrogens with one attached hydrogen (secondary N) is 1. The zero-order valence-corrected chi connectivity index (χ0v) is 19.2. The molecule has 4 heterocycles. The molecule has 1 saturated heterocycles. The van der Waals surface area contributed by atoms with Crippen molar-refractivity contribution in [2.45, 2.75) is 51.7 Å². The highest BCUT2D eigenvalue weighted by atomic mass is 32.1. The normalized spacial score (nSPS) is 19.0. The summed E-state index contributed by atoms with van der Waals surface area (Å²) in [7, 11) is 0. The molecule has 1 aromatic carbocycles. The number of amides is 1. The number of H-pyrrole nitrogens is 1. The Morgan fingerprint density at radius 1 is 1.22 bits per heavy atom. The van der Waals surface area contributed by atoms with E-state index in [1.807, 2.05) is 36.1 Å². The van der Waals surface area contributed by atoms with Crippen LogP contribution in [-0.4, -0.2) is 38.8 Å². The van der Waals surface area contributed by atoms with Crippen molar-refractivity contribution >= 4 is 17.2 Å². The van der Waals surface area contributed by atoms with Gasteiger partial charge in [0.25, 0.3) is 11.5 Å². The molecule has 2 aliphatic heterocycles. The lowest BCUT2D eigenvalue weighted by Crippen LogP contribution is -2.41. The van der Waals surface area contributed by atoms with Crippen molar-refractivity contribution in [3.63, 3.8) is 0 Å². The molecule has 5 rings (SSSR count). The molecule has 0 aliphatic carbocycles. The summed E-state index contributed by atoms with van der Waals surface area (Å²) in [5.41, 5.74) is 3.36. The Morgan fingerprint density at radius 3 is 2.94 bits per heavy atom. The van der Waals surface area contributed by atoms with Gasteiger partial charge in [-0.1, -0.05) is 23.8 Å². The summed E-state index contributed by atoms with van der Waals surface area (Å²) in [5.74, 6) is 0.655. The third-order valence-corrected chi connectivity index (χ3v) is 7.33. The van der Waals surface area contributed by atoms with Gasteiger partial charge in [-0.15, -0.1) is 11.3 Å². The molecule has 1 amide bonds. The Bertz CT molecular complexity index is 1170. The van der Waals surface area contributed by atoms with Crippen LogP contribution in [0.25, 0.3) is 0 Å². The van der Waals surface area contributed by atoms with E-state index in [1.165, 1.54) is 4.88 Å². The first-order valence-electron chi connectivity index (χ1n) is 11.3. The first kappa shape index (κ1) is 21.1. The van der Waals surface area contributed by atoms with E-state index >= 15 is 0 Å². The lowest BCUT2D eigenvalue weighted by molar-refractivity contribution is 0.0598. The zero-order chi connectivity index (χ0) is 22.1. The number of carbonyl (C=O) groups excluding carboxylic acids is 1. The predicted molar refractivity (Wildman–Crippen MR) is 126 cm³/mol. The fourth-order valence-corrected chi connectivity index (χ4v) is 5.56. The summed E-state index contributed by atoms with van der Waals surface area (Å²) < 4.78 is 0. The van der Waals surface area contributed by atoms with Gasteiger partial charge >= 0.3 is 0 Å². The summed E-state index contributed by atoms with van der Waals surface area (Å²) in [6.45, 7) is 5.05. The molecule has 1 N–H and O–H groups in total. The van der Waals surface area contributed by atoms with Crippen LogP contribution in [0, 0.1) is 6.92 Å². The summed E-state index contributed by atoms with van der Waals surface area (Å²) in [5, 5.41) is 2.09. The fourth-order valence-electron chi connectivity index (χ4n) is 4.82. The quantitative estimate of drug-likeness (QED) is 0.653. The number of hydrogen-bond donors (Lipinski definition) is 1. The maximum absolute atomic E-state index is 13.3. The monoisotopic (exact) mass is 448 g/mol. The van der Waals surface area contributed by atoms with Crippen molar-refractivity contribution in [3.8, 4) is 0 Å².